The molecule has 1 amide bonds. The Balaban J connectivity index is 4.20. The van der Waals surface area contributed by atoms with Gasteiger partial charge in [0.25, 0.3) is 0 Å². The number of rotatable bonds is 42. The van der Waals surface area contributed by atoms with Crippen molar-refractivity contribution in [1.29, 1.82) is 0 Å². The molecular formula is C46H87NO6. The number of ether oxygens (including phenoxy) is 3. The van der Waals surface area contributed by atoms with Crippen molar-refractivity contribution in [2.24, 2.45) is 0 Å². The third-order valence-corrected chi connectivity index (χ3v) is 10.3. The fourth-order valence-electron chi connectivity index (χ4n) is 6.83. The molecule has 7 heteroatoms. The quantitative estimate of drug-likeness (QED) is 0.0351. The van der Waals surface area contributed by atoms with Crippen molar-refractivity contribution in [3.63, 3.8) is 0 Å². The van der Waals surface area contributed by atoms with Gasteiger partial charge in [0.2, 0.25) is 5.91 Å². The summed E-state index contributed by atoms with van der Waals surface area (Å²) in [5.41, 5.74) is 0.293. The van der Waals surface area contributed by atoms with E-state index in [1.807, 2.05) is 4.90 Å². The molecule has 7 nitrogen and oxygen atoms in total. The van der Waals surface area contributed by atoms with Crippen LogP contribution in [0.5, 0.6) is 0 Å². The number of nitrogens with zero attached hydrogens (tertiary/aromatic N) is 1. The standard InChI is InChI=1S/C46H87NO6/c1-5-7-9-11-13-15-17-19-21-23-25-27-29-31-33-35-37-47(44(48)41-51-42-45(49)52-39-40-53-46(50)43(3)4)38-36-34-32-30-28-26-24-22-20-18-16-14-12-10-8-6-2/h3,5-42H2,1-2,4H3. The number of carbonyl (C=O) groups excluding carboxylic acids is 3. The second-order valence-corrected chi connectivity index (χ2v) is 15.6. The summed E-state index contributed by atoms with van der Waals surface area (Å²) in [4.78, 5) is 38.5. The van der Waals surface area contributed by atoms with Crippen LogP contribution in [0.1, 0.15) is 226 Å². The Morgan fingerprint density at radius 1 is 0.434 bits per heavy atom. The summed E-state index contributed by atoms with van der Waals surface area (Å²) in [6, 6.07) is 0. The summed E-state index contributed by atoms with van der Waals surface area (Å²) < 4.78 is 15.4. The lowest BCUT2D eigenvalue weighted by atomic mass is 10.0. The minimum Gasteiger partial charge on any atom is -0.460 e. The van der Waals surface area contributed by atoms with Crippen LogP contribution in [-0.2, 0) is 28.6 Å². The molecule has 0 N–H and O–H groups in total. The van der Waals surface area contributed by atoms with E-state index in [0.717, 1.165) is 38.8 Å². The summed E-state index contributed by atoms with van der Waals surface area (Å²) in [5.74, 6) is -1.15. The van der Waals surface area contributed by atoms with Gasteiger partial charge in [0.1, 0.15) is 26.4 Å². The molecule has 0 saturated carbocycles. The lowest BCUT2D eigenvalue weighted by Crippen LogP contribution is -2.36. The van der Waals surface area contributed by atoms with Gasteiger partial charge in [-0.1, -0.05) is 213 Å². The van der Waals surface area contributed by atoms with Gasteiger partial charge < -0.3 is 19.1 Å². The largest absolute Gasteiger partial charge is 0.460 e. The fourth-order valence-corrected chi connectivity index (χ4v) is 6.83. The van der Waals surface area contributed by atoms with Crippen molar-refractivity contribution in [1.82, 2.24) is 4.90 Å². The van der Waals surface area contributed by atoms with Crippen LogP contribution in [0.25, 0.3) is 0 Å². The van der Waals surface area contributed by atoms with Gasteiger partial charge in [0, 0.05) is 18.7 Å². The molecular weight excluding hydrogens is 663 g/mol. The Morgan fingerprint density at radius 3 is 1.06 bits per heavy atom. The van der Waals surface area contributed by atoms with Gasteiger partial charge in [0.05, 0.1) is 0 Å². The molecule has 0 heterocycles. The van der Waals surface area contributed by atoms with Crippen molar-refractivity contribution in [2.75, 3.05) is 39.5 Å². The van der Waals surface area contributed by atoms with Gasteiger partial charge in [-0.2, -0.15) is 0 Å². The van der Waals surface area contributed by atoms with Crippen LogP contribution in [0.4, 0.5) is 0 Å². The molecule has 0 aliphatic heterocycles. The molecule has 0 fully saturated rings. The van der Waals surface area contributed by atoms with Crippen LogP contribution in [0, 0.1) is 0 Å². The van der Waals surface area contributed by atoms with Crippen molar-refractivity contribution >= 4 is 17.8 Å². The van der Waals surface area contributed by atoms with E-state index in [9.17, 15) is 14.4 Å². The van der Waals surface area contributed by atoms with Crippen LogP contribution in [0.15, 0.2) is 12.2 Å². The average Bonchev–Trinajstić information content (AvgIpc) is 3.15. The lowest BCUT2D eigenvalue weighted by molar-refractivity contribution is -0.155. The summed E-state index contributed by atoms with van der Waals surface area (Å²) in [5, 5.41) is 0. The molecule has 0 aliphatic carbocycles. The first-order valence-electron chi connectivity index (χ1n) is 22.8. The fraction of sp³-hybridized carbons (Fsp3) is 0.891. The van der Waals surface area contributed by atoms with E-state index in [4.69, 9.17) is 14.2 Å². The maximum Gasteiger partial charge on any atom is 0.333 e. The molecule has 0 aromatic rings. The first-order chi connectivity index (χ1) is 25.9. The van der Waals surface area contributed by atoms with Crippen LogP contribution in [0.3, 0.4) is 0 Å². The van der Waals surface area contributed by atoms with E-state index in [-0.39, 0.29) is 32.3 Å². The molecule has 0 aliphatic rings. The number of amides is 1. The number of hydrogen-bond acceptors (Lipinski definition) is 6. The molecule has 0 radical (unpaired) electrons. The Hall–Kier alpha value is -1.89. The molecule has 0 aromatic carbocycles. The normalized spacial score (nSPS) is 11.2. The number of unbranched alkanes of at least 4 members (excludes halogenated alkanes) is 30. The third kappa shape index (κ3) is 38.2. The van der Waals surface area contributed by atoms with E-state index in [1.165, 1.54) is 180 Å². The predicted octanol–water partition coefficient (Wildman–Crippen LogP) is 13.0. The molecule has 0 bridgehead atoms. The molecule has 0 rings (SSSR count). The second-order valence-electron chi connectivity index (χ2n) is 15.6. The van der Waals surface area contributed by atoms with Gasteiger partial charge in [-0.05, 0) is 19.8 Å². The summed E-state index contributed by atoms with van der Waals surface area (Å²) in [6.07, 6.45) is 42.5. The minimum atomic E-state index is -0.577. The van der Waals surface area contributed by atoms with Crippen LogP contribution in [0.2, 0.25) is 0 Å². The van der Waals surface area contributed by atoms with E-state index in [0.29, 0.717) is 5.57 Å². The summed E-state index contributed by atoms with van der Waals surface area (Å²) in [6.45, 7) is 10.6. The van der Waals surface area contributed by atoms with E-state index >= 15 is 0 Å². The topological polar surface area (TPSA) is 82.1 Å². The lowest BCUT2D eigenvalue weighted by Gasteiger charge is -2.23. The maximum absolute atomic E-state index is 13.1. The molecule has 0 atom stereocenters. The average molecular weight is 750 g/mol. The molecule has 0 aromatic heterocycles. The predicted molar refractivity (Wildman–Crippen MR) is 223 cm³/mol. The molecule has 0 saturated heterocycles. The van der Waals surface area contributed by atoms with E-state index in [1.54, 1.807) is 6.92 Å². The van der Waals surface area contributed by atoms with Crippen molar-refractivity contribution in [2.45, 2.75) is 226 Å². The third-order valence-electron chi connectivity index (χ3n) is 10.3. The monoisotopic (exact) mass is 750 g/mol. The SMILES string of the molecule is C=C(C)C(=O)OCCOC(=O)COCC(=O)N(CCCCCCCCCCCCCCCCCC)CCCCCCCCCCCCCCCCCC. The van der Waals surface area contributed by atoms with Gasteiger partial charge in [-0.15, -0.1) is 0 Å². The molecule has 312 valence electrons. The maximum atomic E-state index is 13.1. The van der Waals surface area contributed by atoms with E-state index in [2.05, 4.69) is 20.4 Å². The van der Waals surface area contributed by atoms with E-state index < -0.39 is 11.9 Å². The highest BCUT2D eigenvalue weighted by atomic mass is 16.6. The molecule has 0 spiro atoms. The highest BCUT2D eigenvalue weighted by Gasteiger charge is 2.15. The van der Waals surface area contributed by atoms with Crippen molar-refractivity contribution in [3.8, 4) is 0 Å². The summed E-state index contributed by atoms with van der Waals surface area (Å²) in [7, 11) is 0. The highest BCUT2D eigenvalue weighted by molar-refractivity contribution is 5.86. The second kappa shape index (κ2) is 41.3. The van der Waals surface area contributed by atoms with Gasteiger partial charge >= 0.3 is 11.9 Å². The Morgan fingerprint density at radius 2 is 0.736 bits per heavy atom. The Kier molecular flexibility index (Phi) is 39.8. The minimum absolute atomic E-state index is 0.0389. The molecule has 53 heavy (non-hydrogen) atoms. The number of hydrogen-bond donors (Lipinski definition) is 0. The van der Waals surface area contributed by atoms with Gasteiger partial charge in [-0.25, -0.2) is 9.59 Å². The van der Waals surface area contributed by atoms with Crippen LogP contribution in [-0.4, -0.2) is 62.3 Å². The van der Waals surface area contributed by atoms with Gasteiger partial charge in [-0.3, -0.25) is 4.79 Å². The zero-order valence-electron chi connectivity index (χ0n) is 35.5. The summed E-state index contributed by atoms with van der Waals surface area (Å²) >= 11 is 0. The van der Waals surface area contributed by atoms with Crippen LogP contribution < -0.4 is 0 Å². The zero-order valence-corrected chi connectivity index (χ0v) is 35.5. The first kappa shape index (κ1) is 51.1. The highest BCUT2D eigenvalue weighted by Crippen LogP contribution is 2.16. The van der Waals surface area contributed by atoms with Crippen LogP contribution >= 0.6 is 0 Å². The van der Waals surface area contributed by atoms with Crippen molar-refractivity contribution in [3.05, 3.63) is 12.2 Å². The number of carbonyl (C=O) groups is 3. The smallest absolute Gasteiger partial charge is 0.333 e. The number of esters is 2. The van der Waals surface area contributed by atoms with Crippen molar-refractivity contribution < 1.29 is 28.6 Å². The first-order valence-corrected chi connectivity index (χ1v) is 22.8. The molecule has 0 unspecified atom stereocenters. The Labute approximate surface area is 328 Å². The Bertz CT molecular complexity index is 810. The van der Waals surface area contributed by atoms with Gasteiger partial charge in [0.15, 0.2) is 0 Å². The zero-order chi connectivity index (χ0) is 38.9.